The molecular weight excluding hydrogens is 150 g/mol. The van der Waals surface area contributed by atoms with Gasteiger partial charge in [0.15, 0.2) is 0 Å². The molecule has 0 saturated heterocycles. The van der Waals surface area contributed by atoms with Gasteiger partial charge in [0.05, 0.1) is 0 Å². The first-order chi connectivity index (χ1) is 2.00. The van der Waals surface area contributed by atoms with E-state index in [0.29, 0.717) is 0 Å². The summed E-state index contributed by atoms with van der Waals surface area (Å²) >= 11 is 0. The van der Waals surface area contributed by atoms with Gasteiger partial charge in [-0.05, 0) is 0 Å². The van der Waals surface area contributed by atoms with E-state index in [4.69, 9.17) is 19.2 Å². The Morgan fingerprint density at radius 1 is 1.14 bits per heavy atom. The van der Waals surface area contributed by atoms with E-state index in [1.165, 1.54) is 0 Å². The topological polar surface area (TPSA) is 109 Å². The predicted molar refractivity (Wildman–Crippen MR) is 23.6 cm³/mol. The summed E-state index contributed by atoms with van der Waals surface area (Å²) in [5.41, 5.74) is 0. The minimum atomic E-state index is -4.64. The number of hydrogen-bond donors (Lipinski definition) is 3. The Kier molecular flexibility index (Phi) is 13.2. The van der Waals surface area contributed by atoms with Gasteiger partial charge in [-0.3, -0.25) is 0 Å². The summed E-state index contributed by atoms with van der Waals surface area (Å²) in [4.78, 5) is 21.6. The van der Waals surface area contributed by atoms with Crippen molar-refractivity contribution in [3.05, 3.63) is 0 Å². The quantitative estimate of drug-likeness (QED) is 0.274. The molecule has 5 nitrogen and oxygen atoms in total. The Morgan fingerprint density at radius 3 is 1.14 bits per heavy atom. The SMILES string of the molecule is O.O=P(O)(O)O.[K]. The molecule has 0 aromatic heterocycles. The van der Waals surface area contributed by atoms with Crippen molar-refractivity contribution in [1.82, 2.24) is 0 Å². The molecule has 41 valence electrons. The summed E-state index contributed by atoms with van der Waals surface area (Å²) in [5.74, 6) is 0. The third-order valence-electron chi connectivity index (χ3n) is 0. The van der Waals surface area contributed by atoms with Crippen LogP contribution < -0.4 is 0 Å². The van der Waals surface area contributed by atoms with Gasteiger partial charge in [-0.1, -0.05) is 0 Å². The zero-order chi connectivity index (χ0) is 4.50. The Morgan fingerprint density at radius 2 is 1.14 bits per heavy atom. The molecule has 7 heavy (non-hydrogen) atoms. The van der Waals surface area contributed by atoms with Crippen LogP contribution in [0.5, 0.6) is 0 Å². The third-order valence-corrected chi connectivity index (χ3v) is 0. The van der Waals surface area contributed by atoms with E-state index in [-0.39, 0.29) is 56.9 Å². The molecule has 1 radical (unpaired) electrons. The molecule has 0 spiro atoms. The Bertz CT molecular complexity index is 54.2. The number of rotatable bonds is 0. The maximum absolute atomic E-state index is 8.88. The number of hydrogen-bond acceptors (Lipinski definition) is 1. The Labute approximate surface area is 82.7 Å². The summed E-state index contributed by atoms with van der Waals surface area (Å²) in [6, 6.07) is 0. The van der Waals surface area contributed by atoms with Crippen molar-refractivity contribution < 1.29 is 24.7 Å². The first-order valence-electron chi connectivity index (χ1n) is 0.783. The minimum Gasteiger partial charge on any atom is -0.412 e. The van der Waals surface area contributed by atoms with Crippen molar-refractivity contribution in [3.63, 3.8) is 0 Å². The van der Waals surface area contributed by atoms with Gasteiger partial charge in [-0.15, -0.1) is 0 Å². The van der Waals surface area contributed by atoms with Crippen molar-refractivity contribution in [3.8, 4) is 0 Å². The monoisotopic (exact) mass is 155 g/mol. The van der Waals surface area contributed by atoms with E-state index in [9.17, 15) is 0 Å². The van der Waals surface area contributed by atoms with Crippen molar-refractivity contribution >= 4 is 59.2 Å². The molecule has 0 saturated carbocycles. The van der Waals surface area contributed by atoms with Gasteiger partial charge in [-0.2, -0.15) is 0 Å². The van der Waals surface area contributed by atoms with Crippen molar-refractivity contribution in [2.24, 2.45) is 0 Å². The Balaban J connectivity index is -0.0000000800. The fourth-order valence-corrected chi connectivity index (χ4v) is 0. The molecule has 0 aliphatic carbocycles. The molecule has 5 N–H and O–H groups in total. The molecule has 0 rings (SSSR count). The molecule has 7 heteroatoms. The van der Waals surface area contributed by atoms with Crippen LogP contribution in [0.4, 0.5) is 0 Å². The average Bonchev–Trinajstić information content (AvgIpc) is 0.722. The van der Waals surface area contributed by atoms with Crippen molar-refractivity contribution in [1.29, 1.82) is 0 Å². The van der Waals surface area contributed by atoms with Gasteiger partial charge in [-0.25, -0.2) is 4.57 Å². The summed E-state index contributed by atoms with van der Waals surface area (Å²) in [6.07, 6.45) is 0. The van der Waals surface area contributed by atoms with Crippen molar-refractivity contribution in [2.75, 3.05) is 0 Å². The predicted octanol–water partition coefficient (Wildman–Crippen LogP) is -2.13. The second-order valence-electron chi connectivity index (χ2n) is 0.513. The number of phosphoric acid groups is 1. The van der Waals surface area contributed by atoms with Crippen LogP contribution in [-0.2, 0) is 4.57 Å². The molecule has 0 aromatic rings. The third kappa shape index (κ3) is 86.2. The smallest absolute Gasteiger partial charge is 0.412 e. The second kappa shape index (κ2) is 5.84. The van der Waals surface area contributed by atoms with Gasteiger partial charge in [0.1, 0.15) is 0 Å². The first-order valence-corrected chi connectivity index (χ1v) is 2.35. The van der Waals surface area contributed by atoms with E-state index in [0.717, 1.165) is 0 Å². The zero-order valence-corrected chi connectivity index (χ0v) is 7.71. The van der Waals surface area contributed by atoms with Crippen LogP contribution in [-0.4, -0.2) is 71.5 Å². The van der Waals surface area contributed by atoms with Gasteiger partial charge < -0.3 is 20.2 Å². The standard InChI is InChI=1S/K.H3O4P.H2O/c;1-5(2,3)4;/h;(H3,1,2,3,4);1H2. The van der Waals surface area contributed by atoms with Crippen LogP contribution in [0.3, 0.4) is 0 Å². The van der Waals surface area contributed by atoms with E-state index in [2.05, 4.69) is 0 Å². The molecule has 0 aliphatic rings. The Hall–Kier alpha value is 1.71. The second-order valence-corrected chi connectivity index (χ2v) is 1.54. The summed E-state index contributed by atoms with van der Waals surface area (Å²) in [6.45, 7) is 0. The molecule has 0 heterocycles. The fourth-order valence-electron chi connectivity index (χ4n) is 0. The molecule has 0 fully saturated rings. The van der Waals surface area contributed by atoms with Crippen LogP contribution in [0.1, 0.15) is 0 Å². The molecule has 0 atom stereocenters. The van der Waals surface area contributed by atoms with Crippen LogP contribution >= 0.6 is 7.82 Å². The summed E-state index contributed by atoms with van der Waals surface area (Å²) in [7, 11) is -4.64. The van der Waals surface area contributed by atoms with Crippen LogP contribution in [0.15, 0.2) is 0 Å². The summed E-state index contributed by atoms with van der Waals surface area (Å²) < 4.78 is 8.88. The average molecular weight is 155 g/mol. The van der Waals surface area contributed by atoms with E-state index >= 15 is 0 Å². The van der Waals surface area contributed by atoms with Gasteiger partial charge in [0, 0.05) is 51.4 Å². The molecule has 0 amide bonds. The summed E-state index contributed by atoms with van der Waals surface area (Å²) in [5, 5.41) is 0. The fraction of sp³-hybridized carbons (Fsp3) is 0. The molecule has 0 aliphatic heterocycles. The molecule has 0 bridgehead atoms. The van der Waals surface area contributed by atoms with E-state index in [1.807, 2.05) is 0 Å². The maximum atomic E-state index is 8.88. The van der Waals surface area contributed by atoms with Crippen LogP contribution in [0, 0.1) is 0 Å². The maximum Gasteiger partial charge on any atom is 0.466 e. The van der Waals surface area contributed by atoms with Crippen LogP contribution in [0.25, 0.3) is 0 Å². The largest absolute Gasteiger partial charge is 0.466 e. The first kappa shape index (κ1) is 15.9. The van der Waals surface area contributed by atoms with Gasteiger partial charge >= 0.3 is 7.82 Å². The van der Waals surface area contributed by atoms with Crippen LogP contribution in [0.2, 0.25) is 0 Å². The van der Waals surface area contributed by atoms with Crippen molar-refractivity contribution in [2.45, 2.75) is 0 Å². The van der Waals surface area contributed by atoms with E-state index < -0.39 is 7.82 Å². The van der Waals surface area contributed by atoms with E-state index in [1.54, 1.807) is 0 Å². The molecular formula is H5KO5P. The molecule has 0 unspecified atom stereocenters. The van der Waals surface area contributed by atoms with Gasteiger partial charge in [0.25, 0.3) is 0 Å². The minimum absolute atomic E-state index is 0. The van der Waals surface area contributed by atoms with Gasteiger partial charge in [0.2, 0.25) is 0 Å². The normalized spacial score (nSPS) is 8.43. The zero-order valence-electron chi connectivity index (χ0n) is 3.70. The molecule has 0 aromatic carbocycles.